The van der Waals surface area contributed by atoms with E-state index in [1.165, 1.54) is 5.57 Å². The molecule has 7 rings (SSSR count). The summed E-state index contributed by atoms with van der Waals surface area (Å²) in [4.78, 5) is 22.4. The molecular formula is C28H23N3O3. The van der Waals surface area contributed by atoms with Gasteiger partial charge in [-0.1, -0.05) is 38.1 Å². The van der Waals surface area contributed by atoms with Gasteiger partial charge in [-0.3, -0.25) is 14.8 Å². The maximum atomic E-state index is 13.1. The normalized spacial score (nSPS) is 26.7. The molecule has 2 aliphatic heterocycles. The van der Waals surface area contributed by atoms with Gasteiger partial charge in [-0.2, -0.15) is 0 Å². The number of aliphatic imine (C=N–C) groups is 1. The lowest BCUT2D eigenvalue weighted by Crippen LogP contribution is -2.29. The highest BCUT2D eigenvalue weighted by molar-refractivity contribution is 6.18. The Kier molecular flexibility index (Phi) is 3.98. The van der Waals surface area contributed by atoms with Crippen molar-refractivity contribution >= 4 is 23.3 Å². The lowest BCUT2D eigenvalue weighted by Gasteiger charge is -2.26. The fraction of sp³-hybridized carbons (Fsp3) is 0.250. The zero-order valence-corrected chi connectivity index (χ0v) is 18.9. The lowest BCUT2D eigenvalue weighted by molar-refractivity contribution is 0.102. The van der Waals surface area contributed by atoms with Crippen molar-refractivity contribution in [3.05, 3.63) is 100 Å². The maximum Gasteiger partial charge on any atom is 0.193 e. The Morgan fingerprint density at radius 1 is 1.12 bits per heavy atom. The number of Topliss-reactive ketones (excluding diaryl/α,β-unsaturated/α-hetero) is 1. The van der Waals surface area contributed by atoms with Crippen LogP contribution in [0.2, 0.25) is 0 Å². The summed E-state index contributed by atoms with van der Waals surface area (Å²) in [6.45, 7) is 5.04. The number of hydrogen-bond acceptors (Lipinski definition) is 6. The summed E-state index contributed by atoms with van der Waals surface area (Å²) in [5.74, 6) is 1.43. The fourth-order valence-electron chi connectivity index (χ4n) is 5.39. The number of carbonyl (C=O) groups excluding carboxylic acids is 1. The van der Waals surface area contributed by atoms with Gasteiger partial charge >= 0.3 is 0 Å². The molecular weight excluding hydrogens is 426 g/mol. The minimum absolute atomic E-state index is 0.0388. The Hall–Kier alpha value is -3.77. The maximum absolute atomic E-state index is 13.1. The number of nitrogens with one attached hydrogen (secondary N) is 1. The first-order valence-electron chi connectivity index (χ1n) is 11.6. The van der Waals surface area contributed by atoms with Gasteiger partial charge in [0.25, 0.3) is 0 Å². The molecule has 0 bridgehead atoms. The van der Waals surface area contributed by atoms with E-state index in [-0.39, 0.29) is 29.4 Å². The number of ether oxygens (including phenoxy) is 1. The summed E-state index contributed by atoms with van der Waals surface area (Å²) in [5, 5.41) is 3.56. The molecule has 1 N–H and O–H groups in total. The predicted molar refractivity (Wildman–Crippen MR) is 129 cm³/mol. The highest BCUT2D eigenvalue weighted by atomic mass is 16.6. The molecule has 1 fully saturated rings. The van der Waals surface area contributed by atoms with Crippen LogP contribution in [0, 0.1) is 0 Å². The summed E-state index contributed by atoms with van der Waals surface area (Å²) in [6, 6.07) is 16.0. The number of anilines is 1. The number of fused-ring (bicyclic) bond motifs is 6. The molecule has 0 saturated carbocycles. The molecule has 2 aliphatic carbocycles. The number of pyridine rings is 1. The number of dihydropyridines is 1. The first-order chi connectivity index (χ1) is 16.5. The Bertz CT molecular complexity index is 1440. The number of hydrogen-bond donors (Lipinski definition) is 1. The van der Waals surface area contributed by atoms with Crippen molar-refractivity contribution < 1.29 is 13.9 Å². The fourth-order valence-corrected chi connectivity index (χ4v) is 5.39. The zero-order chi connectivity index (χ0) is 23.0. The van der Waals surface area contributed by atoms with E-state index in [9.17, 15) is 4.79 Å². The van der Waals surface area contributed by atoms with Crippen molar-refractivity contribution in [1.82, 2.24) is 4.98 Å². The van der Waals surface area contributed by atoms with Gasteiger partial charge in [0, 0.05) is 34.0 Å². The first-order valence-corrected chi connectivity index (χ1v) is 11.6. The number of carbonyl (C=O) groups is 1. The van der Waals surface area contributed by atoms with Crippen molar-refractivity contribution in [1.29, 1.82) is 0 Å². The van der Waals surface area contributed by atoms with E-state index in [0.29, 0.717) is 23.4 Å². The smallest absolute Gasteiger partial charge is 0.193 e. The molecule has 168 valence electrons. The Morgan fingerprint density at radius 3 is 2.82 bits per heavy atom. The molecule has 6 heteroatoms. The average molecular weight is 450 g/mol. The topological polar surface area (TPSA) is 80.0 Å². The molecule has 1 aromatic carbocycles. The number of allylic oxidation sites excluding steroid dienone is 1. The van der Waals surface area contributed by atoms with Gasteiger partial charge in [0.05, 0.1) is 18.3 Å². The van der Waals surface area contributed by atoms with Crippen LogP contribution in [0.4, 0.5) is 5.69 Å². The second kappa shape index (κ2) is 6.87. The molecule has 2 aromatic heterocycles. The zero-order valence-electron chi connectivity index (χ0n) is 18.9. The first kappa shape index (κ1) is 19.7. The van der Waals surface area contributed by atoms with Crippen molar-refractivity contribution in [3.63, 3.8) is 0 Å². The molecule has 0 spiro atoms. The molecule has 4 aliphatic rings. The Labute approximate surface area is 197 Å². The second-order valence-electron chi connectivity index (χ2n) is 9.75. The number of epoxide rings is 1. The van der Waals surface area contributed by atoms with E-state index in [2.05, 4.69) is 42.4 Å². The Morgan fingerprint density at radius 2 is 1.97 bits per heavy atom. The number of para-hydroxylation sites is 1. The third-order valence-corrected chi connectivity index (χ3v) is 7.22. The van der Waals surface area contributed by atoms with Gasteiger partial charge < -0.3 is 14.5 Å². The third kappa shape index (κ3) is 2.82. The van der Waals surface area contributed by atoms with Gasteiger partial charge in [0.15, 0.2) is 11.5 Å². The number of aromatic nitrogens is 1. The number of furan rings is 1. The van der Waals surface area contributed by atoms with Gasteiger partial charge in [-0.05, 0) is 42.0 Å². The number of benzene rings is 1. The van der Waals surface area contributed by atoms with Crippen LogP contribution in [-0.2, 0) is 10.2 Å². The van der Waals surface area contributed by atoms with Crippen molar-refractivity contribution in [2.45, 2.75) is 37.5 Å². The number of nitrogens with zero attached hydrogens (tertiary/aromatic N) is 2. The van der Waals surface area contributed by atoms with Gasteiger partial charge in [-0.25, -0.2) is 0 Å². The summed E-state index contributed by atoms with van der Waals surface area (Å²) < 4.78 is 12.1. The molecule has 0 radical (unpaired) electrons. The van der Waals surface area contributed by atoms with Crippen LogP contribution < -0.4 is 5.32 Å². The van der Waals surface area contributed by atoms with Crippen molar-refractivity contribution in [2.75, 3.05) is 11.9 Å². The van der Waals surface area contributed by atoms with Crippen LogP contribution in [0.3, 0.4) is 0 Å². The second-order valence-corrected chi connectivity index (χ2v) is 9.75. The summed E-state index contributed by atoms with van der Waals surface area (Å²) in [7, 11) is 0. The van der Waals surface area contributed by atoms with Crippen LogP contribution in [-0.4, -0.2) is 35.2 Å². The molecule has 3 atom stereocenters. The van der Waals surface area contributed by atoms with Crippen LogP contribution in [0.5, 0.6) is 0 Å². The largest absolute Gasteiger partial charge is 0.455 e. The van der Waals surface area contributed by atoms with Crippen molar-refractivity contribution in [2.24, 2.45) is 4.99 Å². The third-order valence-electron chi connectivity index (χ3n) is 7.22. The standard InChI is InChI=1S/C28H23N3O3/c1-28(2)20-11-16(31-15-7-4-3-5-8-15)14-30-23(20)26-21(28)13-17(33-26)12-19-24(32)18-9-6-10-29-22(18)27-25(19)34-27/h3-13,16,25,27,31H,14H2,1-2H3/b19-12+. The summed E-state index contributed by atoms with van der Waals surface area (Å²) in [6.07, 6.45) is 5.44. The minimum atomic E-state index is -0.241. The van der Waals surface area contributed by atoms with Crippen LogP contribution >= 0.6 is 0 Å². The monoisotopic (exact) mass is 449 g/mol. The van der Waals surface area contributed by atoms with E-state index >= 15 is 0 Å². The highest BCUT2D eigenvalue weighted by Gasteiger charge is 2.52. The van der Waals surface area contributed by atoms with Crippen LogP contribution in [0.15, 0.2) is 81.4 Å². The quantitative estimate of drug-likeness (QED) is 0.455. The number of ketones is 1. The molecule has 34 heavy (non-hydrogen) atoms. The Balaban J connectivity index is 1.21. The van der Waals surface area contributed by atoms with Gasteiger partial charge in [-0.15, -0.1) is 0 Å². The van der Waals surface area contributed by atoms with Gasteiger partial charge in [0.1, 0.15) is 23.7 Å². The summed E-state index contributed by atoms with van der Waals surface area (Å²) >= 11 is 0. The molecule has 0 amide bonds. The van der Waals surface area contributed by atoms with E-state index in [1.54, 1.807) is 12.3 Å². The minimum Gasteiger partial charge on any atom is -0.455 e. The van der Waals surface area contributed by atoms with Crippen molar-refractivity contribution in [3.8, 4) is 0 Å². The SMILES string of the molecule is CC1(C)C2=CC(Nc3ccccc3)CN=C2c2oc(/C=C3\C(=O)c4cccnc4C4OC34)cc21. The molecule has 6 nitrogen and oxygen atoms in total. The molecule has 4 heterocycles. The average Bonchev–Trinajstić information content (AvgIpc) is 3.49. The highest BCUT2D eigenvalue weighted by Crippen LogP contribution is 2.50. The van der Waals surface area contributed by atoms with Crippen LogP contribution in [0.1, 0.15) is 53.1 Å². The van der Waals surface area contributed by atoms with E-state index in [4.69, 9.17) is 14.1 Å². The van der Waals surface area contributed by atoms with Gasteiger partial charge in [0.2, 0.25) is 0 Å². The molecule has 3 unspecified atom stereocenters. The van der Waals surface area contributed by atoms with E-state index in [1.807, 2.05) is 36.4 Å². The van der Waals surface area contributed by atoms with E-state index in [0.717, 1.165) is 28.4 Å². The number of rotatable bonds is 3. The molecule has 1 saturated heterocycles. The summed E-state index contributed by atoms with van der Waals surface area (Å²) in [5.41, 5.74) is 6.03. The lowest BCUT2D eigenvalue weighted by atomic mass is 9.81. The molecule has 3 aromatic rings. The van der Waals surface area contributed by atoms with Crippen LogP contribution in [0.25, 0.3) is 6.08 Å². The van der Waals surface area contributed by atoms with E-state index < -0.39 is 0 Å². The predicted octanol–water partition coefficient (Wildman–Crippen LogP) is 4.90.